The van der Waals surface area contributed by atoms with Gasteiger partial charge in [-0.2, -0.15) is 0 Å². The van der Waals surface area contributed by atoms with Crippen molar-refractivity contribution in [2.24, 2.45) is 51.2 Å². The van der Waals surface area contributed by atoms with E-state index >= 15 is 0 Å². The molecule has 70 heavy (non-hydrogen) atoms. The number of hydrazine groups is 1. The minimum absolute atomic E-state index is 0.00682. The number of nitrogens with two attached hydrogens (primary N) is 2. The van der Waals surface area contributed by atoms with Crippen LogP contribution in [0.1, 0.15) is 108 Å². The number of benzene rings is 2. The van der Waals surface area contributed by atoms with Gasteiger partial charge in [0.05, 0.1) is 33.0 Å². The van der Waals surface area contributed by atoms with Gasteiger partial charge in [0.15, 0.2) is 17.0 Å². The maximum Gasteiger partial charge on any atom is 0.327 e. The summed E-state index contributed by atoms with van der Waals surface area (Å²) in [5.74, 6) is 3.75. The number of ether oxygens (including phenoxy) is 2. The summed E-state index contributed by atoms with van der Waals surface area (Å²) in [5, 5.41) is 49.7. The summed E-state index contributed by atoms with van der Waals surface area (Å²) < 4.78 is 12.7. The third kappa shape index (κ3) is 11.3. The van der Waals surface area contributed by atoms with Gasteiger partial charge in [0.2, 0.25) is 5.78 Å². The number of aliphatic hydroxyl groups is 2. The number of ketones is 1. The zero-order valence-electron chi connectivity index (χ0n) is 42.3. The van der Waals surface area contributed by atoms with E-state index in [0.717, 1.165) is 31.6 Å². The van der Waals surface area contributed by atoms with Crippen molar-refractivity contribution >= 4 is 51.2 Å². The number of amides is 1. The number of rotatable bonds is 7. The number of phenols is 2. The van der Waals surface area contributed by atoms with Crippen molar-refractivity contribution in [3.05, 3.63) is 86.4 Å². The molecule has 5 bridgehead atoms. The Morgan fingerprint density at radius 1 is 1.06 bits per heavy atom. The van der Waals surface area contributed by atoms with E-state index in [9.17, 15) is 29.7 Å². The minimum Gasteiger partial charge on any atom is -0.507 e. The molecule has 9 N–H and O–H groups in total. The molecule has 5 aliphatic heterocycles. The molecule has 1 spiro atoms. The lowest BCUT2D eigenvalue weighted by Crippen LogP contribution is -2.43. The smallest absolute Gasteiger partial charge is 0.327 e. The van der Waals surface area contributed by atoms with Gasteiger partial charge in [0.25, 0.3) is 5.91 Å². The van der Waals surface area contributed by atoms with Crippen molar-refractivity contribution in [3.63, 3.8) is 0 Å². The molecule has 7 atom stereocenters. The van der Waals surface area contributed by atoms with Crippen molar-refractivity contribution < 1.29 is 44.3 Å². The topological polar surface area (TPSA) is 246 Å². The standard InChI is InChI=1S/C52H69N7O8S.CH4O/c1-28(2)25-58-21-19-52(20-22-58)56-41-38-39-45(62)34(8)48-40(38)49(64)51(9,67-48)18-11-10-15-30(4)47(66-37(60)27-59(54)26-35(53)36-17-13-23-68-36)33(7)44(61)32(6)24-29(3)14-12-16-31(5)50(65)55-43(46(39)63)42(41)57-52;1-2/h10-14,16-17,23,26,28-30,32-33,44,47,61-63H,15,18-22,24-25,27,53-54H2,1-9H3,(H,55,65);2H,1H3/b11-10+,14-12+,31-16-,35-26-;/t29-,30+,32+,33+,44+,47+,51+;/m0./s1. The Bertz CT molecular complexity index is 2690. The number of fused-ring (bicyclic) bond motifs is 13. The number of thiophene rings is 1. The fourth-order valence-corrected chi connectivity index (χ4v) is 10.8. The third-order valence-electron chi connectivity index (χ3n) is 14.0. The SMILES string of the molecule is C/C1=C/C=C/[C@H](C)C[C@@H](C)[C@@H](O)[C@@H](C)[C@H](OC(=O)CN(N)/C=C(\N)c2cccs2)[C@H](C)C/C=C/C[C@@]2(C)Oc3c(C)c(O)c4c(O)c(c5c(c4c3C2=O)=NC2(CCN(CC(C)C)CC2)N=5)NC1=O.CO. The number of carbonyl (C=O) groups is 3. The van der Waals surface area contributed by atoms with E-state index in [1.807, 2.05) is 63.4 Å². The van der Waals surface area contributed by atoms with E-state index in [4.69, 9.17) is 36.1 Å². The number of carbonyl (C=O) groups excluding carboxylic acids is 3. The molecule has 16 nitrogen and oxygen atoms in total. The molecular formula is C53H73N7O9S. The molecule has 0 radical (unpaired) electrons. The highest BCUT2D eigenvalue weighted by molar-refractivity contribution is 7.11. The molecule has 0 unspecified atom stereocenters. The average molecular weight is 984 g/mol. The molecule has 17 heteroatoms. The molecule has 1 saturated heterocycles. The fraction of sp³-hybridized carbons (Fsp3) is 0.528. The summed E-state index contributed by atoms with van der Waals surface area (Å²) in [6.45, 7) is 19.3. The van der Waals surface area contributed by atoms with Crippen LogP contribution < -0.4 is 32.3 Å². The number of aromatic hydroxyl groups is 2. The van der Waals surface area contributed by atoms with Crippen LogP contribution in [0.15, 0.2) is 69.7 Å². The zero-order valence-corrected chi connectivity index (χ0v) is 43.1. The van der Waals surface area contributed by atoms with E-state index in [-0.39, 0.29) is 80.9 Å². The Morgan fingerprint density at radius 2 is 1.74 bits per heavy atom. The summed E-state index contributed by atoms with van der Waals surface area (Å²) >= 11 is 1.45. The number of phenolic OH excluding ortho intramolecular Hbond substituents is 2. The predicted molar refractivity (Wildman–Crippen MR) is 274 cm³/mol. The number of hydrogen-bond donors (Lipinski definition) is 7. The number of Topliss-reactive ketones (excluding diaryl/α,β-unsaturated/α-hetero) is 1. The van der Waals surface area contributed by atoms with Crippen molar-refractivity contribution in [1.82, 2.24) is 9.91 Å². The van der Waals surface area contributed by atoms with Gasteiger partial charge in [-0.15, -0.1) is 11.3 Å². The number of allylic oxidation sites excluding steroid dienone is 4. The number of likely N-dealkylation sites (tertiary alicyclic amines) is 1. The van der Waals surface area contributed by atoms with Crippen LogP contribution in [0.2, 0.25) is 0 Å². The van der Waals surface area contributed by atoms with Gasteiger partial charge < -0.3 is 50.9 Å². The molecule has 1 amide bonds. The van der Waals surface area contributed by atoms with Crippen LogP contribution in [-0.2, 0) is 14.3 Å². The zero-order chi connectivity index (χ0) is 51.4. The van der Waals surface area contributed by atoms with Crippen LogP contribution in [0, 0.1) is 36.5 Å². The molecule has 8 rings (SSSR count). The van der Waals surface area contributed by atoms with Crippen molar-refractivity contribution in [2.75, 3.05) is 38.6 Å². The Labute approximate surface area is 415 Å². The predicted octanol–water partition coefficient (Wildman–Crippen LogP) is 6.40. The maximum atomic E-state index is 14.9. The highest BCUT2D eigenvalue weighted by Crippen LogP contribution is 2.50. The molecule has 380 valence electrons. The van der Waals surface area contributed by atoms with Gasteiger partial charge in [-0.05, 0) is 68.7 Å². The highest BCUT2D eigenvalue weighted by Gasteiger charge is 2.48. The summed E-state index contributed by atoms with van der Waals surface area (Å²) in [6, 6.07) is 3.73. The van der Waals surface area contributed by atoms with E-state index in [1.165, 1.54) is 22.5 Å². The molecule has 1 fully saturated rings. The van der Waals surface area contributed by atoms with Crippen molar-refractivity contribution in [3.8, 4) is 17.2 Å². The first kappa shape index (κ1) is 53.8. The maximum absolute atomic E-state index is 14.9. The third-order valence-corrected chi connectivity index (χ3v) is 14.9. The molecular weight excluding hydrogens is 911 g/mol. The summed E-state index contributed by atoms with van der Waals surface area (Å²) in [4.78, 5) is 56.1. The van der Waals surface area contributed by atoms with Gasteiger partial charge >= 0.3 is 5.97 Å². The number of piperidine rings is 1. The second-order valence-electron chi connectivity index (χ2n) is 20.2. The first-order valence-corrected chi connectivity index (χ1v) is 25.2. The molecule has 2 aromatic carbocycles. The largest absolute Gasteiger partial charge is 0.507 e. The van der Waals surface area contributed by atoms with E-state index < -0.39 is 47.0 Å². The quantitative estimate of drug-likeness (QED) is 0.0446. The van der Waals surface area contributed by atoms with Crippen LogP contribution in [-0.4, -0.2) is 105 Å². The highest BCUT2D eigenvalue weighted by atomic mass is 32.1. The molecule has 6 heterocycles. The number of esters is 1. The summed E-state index contributed by atoms with van der Waals surface area (Å²) in [7, 11) is 1.00. The van der Waals surface area contributed by atoms with Crippen LogP contribution in [0.3, 0.4) is 0 Å². The van der Waals surface area contributed by atoms with Gasteiger partial charge in [0.1, 0.15) is 35.2 Å². The first-order valence-electron chi connectivity index (χ1n) is 24.3. The fourth-order valence-electron chi connectivity index (χ4n) is 10.2. The van der Waals surface area contributed by atoms with Crippen LogP contribution >= 0.6 is 11.3 Å². The number of nitrogens with zero attached hydrogens (tertiary/aromatic N) is 4. The van der Waals surface area contributed by atoms with Gasteiger partial charge in [-0.3, -0.25) is 24.4 Å². The lowest BCUT2D eigenvalue weighted by atomic mass is 9.80. The minimum atomic E-state index is -1.41. The lowest BCUT2D eigenvalue weighted by Gasteiger charge is -2.36. The van der Waals surface area contributed by atoms with Gasteiger partial charge in [-0.1, -0.05) is 78.0 Å². The second kappa shape index (κ2) is 22.2. The monoisotopic (exact) mass is 984 g/mol. The van der Waals surface area contributed by atoms with Crippen molar-refractivity contribution in [2.45, 2.75) is 118 Å². The van der Waals surface area contributed by atoms with E-state index in [1.54, 1.807) is 32.9 Å². The van der Waals surface area contributed by atoms with Crippen LogP contribution in [0.5, 0.6) is 17.2 Å². The Kier molecular flexibility index (Phi) is 17.1. The first-order chi connectivity index (χ1) is 33.1. The second-order valence-corrected chi connectivity index (χ2v) is 21.2. The number of hydrogen-bond acceptors (Lipinski definition) is 16. The normalized spacial score (nSPS) is 27.9. The van der Waals surface area contributed by atoms with E-state index in [2.05, 4.69) is 24.1 Å². The number of anilines is 1. The number of aliphatic hydroxyl groups excluding tert-OH is 2. The molecule has 1 aromatic heterocycles. The summed E-state index contributed by atoms with van der Waals surface area (Å²) in [6.07, 6.45) is 11.5. The molecule has 0 saturated carbocycles. The Morgan fingerprint density at radius 3 is 2.40 bits per heavy atom. The average Bonchev–Trinajstić information content (AvgIpc) is 4.05. The van der Waals surface area contributed by atoms with Gasteiger partial charge in [0, 0.05) is 74.6 Å². The van der Waals surface area contributed by atoms with Gasteiger partial charge in [-0.25, -0.2) is 5.84 Å². The van der Waals surface area contributed by atoms with E-state index in [0.29, 0.717) is 48.2 Å². The Balaban J connectivity index is 0.00000397. The lowest BCUT2D eigenvalue weighted by molar-refractivity contribution is -0.159. The molecule has 5 aliphatic rings. The number of nitrogens with one attached hydrogen (secondary N) is 1. The van der Waals surface area contributed by atoms with Crippen molar-refractivity contribution in [1.29, 1.82) is 0 Å². The molecule has 3 aromatic rings. The Hall–Kier alpha value is -5.59. The van der Waals surface area contributed by atoms with Crippen LogP contribution in [0.4, 0.5) is 5.69 Å². The van der Waals surface area contributed by atoms with Crippen LogP contribution in [0.25, 0.3) is 16.5 Å². The summed E-state index contributed by atoms with van der Waals surface area (Å²) in [5.41, 5.74) is 5.11. The molecule has 0 aliphatic carbocycles.